The lowest BCUT2D eigenvalue weighted by molar-refractivity contribution is 0.254. The molecule has 0 saturated carbocycles. The summed E-state index contributed by atoms with van der Waals surface area (Å²) in [6.07, 6.45) is 1.17. The van der Waals surface area contributed by atoms with E-state index in [-0.39, 0.29) is 0 Å². The summed E-state index contributed by atoms with van der Waals surface area (Å²) < 4.78 is 0. The molecular weight excluding hydrogens is 310 g/mol. The molecule has 0 saturated heterocycles. The summed E-state index contributed by atoms with van der Waals surface area (Å²) in [7, 11) is 0. The SMILES string of the molecule is CC(Br)CCN(Cc1ccccc1)Cc1ccccc1. The molecule has 20 heavy (non-hydrogen) atoms. The predicted molar refractivity (Wildman–Crippen MR) is 90.0 cm³/mol. The first kappa shape index (κ1) is 15.3. The second-order valence-corrected chi connectivity index (χ2v) is 6.81. The van der Waals surface area contributed by atoms with Crippen molar-refractivity contribution in [3.05, 3.63) is 71.8 Å². The Labute approximate surface area is 130 Å². The molecule has 0 heterocycles. The van der Waals surface area contributed by atoms with Crippen molar-refractivity contribution in [1.82, 2.24) is 4.90 Å². The molecule has 0 radical (unpaired) electrons. The van der Waals surface area contributed by atoms with Crippen molar-refractivity contribution in [2.45, 2.75) is 31.3 Å². The summed E-state index contributed by atoms with van der Waals surface area (Å²) >= 11 is 3.65. The van der Waals surface area contributed by atoms with E-state index in [0.717, 1.165) is 19.6 Å². The lowest BCUT2D eigenvalue weighted by atomic mass is 10.1. The summed E-state index contributed by atoms with van der Waals surface area (Å²) in [4.78, 5) is 3.08. The van der Waals surface area contributed by atoms with Crippen LogP contribution in [0.4, 0.5) is 0 Å². The number of nitrogens with zero attached hydrogens (tertiary/aromatic N) is 1. The molecule has 0 spiro atoms. The fraction of sp³-hybridized carbons (Fsp3) is 0.333. The van der Waals surface area contributed by atoms with Crippen LogP contribution in [0.5, 0.6) is 0 Å². The maximum Gasteiger partial charge on any atom is 0.0237 e. The highest BCUT2D eigenvalue weighted by atomic mass is 79.9. The molecule has 0 aliphatic rings. The molecule has 0 amide bonds. The largest absolute Gasteiger partial charge is 0.295 e. The normalized spacial score (nSPS) is 12.6. The van der Waals surface area contributed by atoms with Crippen LogP contribution in [-0.4, -0.2) is 16.3 Å². The van der Waals surface area contributed by atoms with Crippen molar-refractivity contribution >= 4 is 15.9 Å². The lowest BCUT2D eigenvalue weighted by Crippen LogP contribution is -2.25. The van der Waals surface area contributed by atoms with Crippen molar-refractivity contribution in [3.8, 4) is 0 Å². The lowest BCUT2D eigenvalue weighted by Gasteiger charge is -2.23. The van der Waals surface area contributed by atoms with Crippen LogP contribution in [0.2, 0.25) is 0 Å². The number of benzene rings is 2. The molecule has 2 aromatic carbocycles. The van der Waals surface area contributed by atoms with Gasteiger partial charge in [0.1, 0.15) is 0 Å². The third-order valence-corrected chi connectivity index (χ3v) is 3.80. The first-order valence-corrected chi connectivity index (χ1v) is 8.10. The van der Waals surface area contributed by atoms with Gasteiger partial charge in [-0.2, -0.15) is 0 Å². The molecule has 0 aliphatic carbocycles. The topological polar surface area (TPSA) is 3.24 Å². The maximum atomic E-state index is 3.65. The second kappa shape index (κ2) is 8.23. The summed E-state index contributed by atoms with van der Waals surface area (Å²) in [5.74, 6) is 0. The second-order valence-electron chi connectivity index (χ2n) is 5.25. The Morgan fingerprint density at radius 3 is 1.70 bits per heavy atom. The van der Waals surface area contributed by atoms with Crippen molar-refractivity contribution in [2.24, 2.45) is 0 Å². The van der Waals surface area contributed by atoms with Gasteiger partial charge in [0, 0.05) is 17.9 Å². The molecule has 2 rings (SSSR count). The highest BCUT2D eigenvalue weighted by molar-refractivity contribution is 9.09. The van der Waals surface area contributed by atoms with E-state index in [1.165, 1.54) is 17.5 Å². The minimum atomic E-state index is 0.566. The number of alkyl halides is 1. The van der Waals surface area contributed by atoms with Gasteiger partial charge in [0.2, 0.25) is 0 Å². The van der Waals surface area contributed by atoms with E-state index < -0.39 is 0 Å². The maximum absolute atomic E-state index is 3.65. The minimum absolute atomic E-state index is 0.566. The van der Waals surface area contributed by atoms with Crippen LogP contribution in [0.15, 0.2) is 60.7 Å². The van der Waals surface area contributed by atoms with E-state index in [1.54, 1.807) is 0 Å². The Morgan fingerprint density at radius 2 is 1.30 bits per heavy atom. The van der Waals surface area contributed by atoms with Gasteiger partial charge in [-0.15, -0.1) is 0 Å². The predicted octanol–water partition coefficient (Wildman–Crippen LogP) is 4.86. The Morgan fingerprint density at radius 1 is 0.850 bits per heavy atom. The van der Waals surface area contributed by atoms with Gasteiger partial charge in [-0.25, -0.2) is 0 Å². The van der Waals surface area contributed by atoms with Crippen molar-refractivity contribution < 1.29 is 0 Å². The van der Waals surface area contributed by atoms with Crippen LogP contribution >= 0.6 is 15.9 Å². The fourth-order valence-electron chi connectivity index (χ4n) is 2.26. The zero-order chi connectivity index (χ0) is 14.2. The third kappa shape index (κ3) is 5.48. The van der Waals surface area contributed by atoms with Crippen LogP contribution in [-0.2, 0) is 13.1 Å². The molecule has 1 unspecified atom stereocenters. The summed E-state index contributed by atoms with van der Waals surface area (Å²) in [6, 6.07) is 21.4. The quantitative estimate of drug-likeness (QED) is 0.654. The molecule has 2 aromatic rings. The van der Waals surface area contributed by atoms with Crippen molar-refractivity contribution in [2.75, 3.05) is 6.54 Å². The number of halogens is 1. The van der Waals surface area contributed by atoms with Crippen molar-refractivity contribution in [3.63, 3.8) is 0 Å². The van der Waals surface area contributed by atoms with Gasteiger partial charge in [-0.1, -0.05) is 83.5 Å². The third-order valence-electron chi connectivity index (χ3n) is 3.34. The van der Waals surface area contributed by atoms with Gasteiger partial charge in [-0.05, 0) is 24.1 Å². The van der Waals surface area contributed by atoms with Crippen LogP contribution in [0.3, 0.4) is 0 Å². The van der Waals surface area contributed by atoms with E-state index in [1.807, 2.05) is 0 Å². The van der Waals surface area contributed by atoms with Gasteiger partial charge in [0.15, 0.2) is 0 Å². The van der Waals surface area contributed by atoms with E-state index >= 15 is 0 Å². The summed E-state index contributed by atoms with van der Waals surface area (Å²) in [6.45, 7) is 5.34. The average Bonchev–Trinajstić information content (AvgIpc) is 2.47. The highest BCUT2D eigenvalue weighted by Gasteiger charge is 2.08. The van der Waals surface area contributed by atoms with Gasteiger partial charge in [0.25, 0.3) is 0 Å². The zero-order valence-corrected chi connectivity index (χ0v) is 13.6. The first-order chi connectivity index (χ1) is 9.74. The Hall–Kier alpha value is -1.12. The standard InChI is InChI=1S/C18H22BrN/c1-16(19)12-13-20(14-17-8-4-2-5-9-17)15-18-10-6-3-7-11-18/h2-11,16H,12-15H2,1H3. The number of hydrogen-bond acceptors (Lipinski definition) is 1. The zero-order valence-electron chi connectivity index (χ0n) is 12.0. The fourth-order valence-corrected chi connectivity index (χ4v) is 2.46. The van der Waals surface area contributed by atoms with Crippen LogP contribution in [0, 0.1) is 0 Å². The minimum Gasteiger partial charge on any atom is -0.295 e. The first-order valence-electron chi connectivity index (χ1n) is 7.18. The molecule has 2 heteroatoms. The smallest absolute Gasteiger partial charge is 0.0237 e. The monoisotopic (exact) mass is 331 g/mol. The molecule has 0 N–H and O–H groups in total. The van der Waals surface area contributed by atoms with Crippen LogP contribution in [0.25, 0.3) is 0 Å². The van der Waals surface area contributed by atoms with Crippen molar-refractivity contribution in [1.29, 1.82) is 0 Å². The number of rotatable bonds is 7. The molecule has 0 bridgehead atoms. The van der Waals surface area contributed by atoms with E-state index in [9.17, 15) is 0 Å². The molecule has 0 aliphatic heterocycles. The molecule has 0 aromatic heterocycles. The van der Waals surface area contributed by atoms with E-state index in [2.05, 4.69) is 88.4 Å². The van der Waals surface area contributed by atoms with Gasteiger partial charge >= 0.3 is 0 Å². The Bertz CT molecular complexity index is 440. The van der Waals surface area contributed by atoms with Gasteiger partial charge in [0.05, 0.1) is 0 Å². The van der Waals surface area contributed by atoms with Crippen LogP contribution < -0.4 is 0 Å². The molecular formula is C18H22BrN. The highest BCUT2D eigenvalue weighted by Crippen LogP contribution is 2.13. The molecule has 0 fully saturated rings. The van der Waals surface area contributed by atoms with E-state index in [0.29, 0.717) is 4.83 Å². The summed E-state index contributed by atoms with van der Waals surface area (Å²) in [5, 5.41) is 0. The summed E-state index contributed by atoms with van der Waals surface area (Å²) in [5.41, 5.74) is 2.76. The molecule has 1 nitrogen and oxygen atoms in total. The van der Waals surface area contributed by atoms with E-state index in [4.69, 9.17) is 0 Å². The Balaban J connectivity index is 2.00. The average molecular weight is 332 g/mol. The number of hydrogen-bond donors (Lipinski definition) is 0. The Kier molecular flexibility index (Phi) is 6.28. The van der Waals surface area contributed by atoms with Gasteiger partial charge in [-0.3, -0.25) is 4.90 Å². The van der Waals surface area contributed by atoms with Crippen LogP contribution in [0.1, 0.15) is 24.5 Å². The molecule has 1 atom stereocenters. The molecule has 106 valence electrons. The van der Waals surface area contributed by atoms with Gasteiger partial charge < -0.3 is 0 Å².